The Bertz CT molecular complexity index is 544. The van der Waals surface area contributed by atoms with Gasteiger partial charge in [0, 0.05) is 25.2 Å². The highest BCUT2D eigenvalue weighted by Gasteiger charge is 2.11. The molecule has 0 aliphatic carbocycles. The van der Waals surface area contributed by atoms with E-state index in [0.29, 0.717) is 0 Å². The lowest BCUT2D eigenvalue weighted by molar-refractivity contribution is 0.778. The summed E-state index contributed by atoms with van der Waals surface area (Å²) in [6, 6.07) is 0. The van der Waals surface area contributed by atoms with Gasteiger partial charge in [0.1, 0.15) is 11.6 Å². The van der Waals surface area contributed by atoms with Gasteiger partial charge in [-0.3, -0.25) is 0 Å². The highest BCUT2D eigenvalue weighted by atomic mass is 15.3. The van der Waals surface area contributed by atoms with Crippen molar-refractivity contribution in [3.63, 3.8) is 0 Å². The van der Waals surface area contributed by atoms with Crippen LogP contribution in [-0.4, -0.2) is 26.8 Å². The lowest BCUT2D eigenvalue weighted by Crippen LogP contribution is -2.09. The van der Waals surface area contributed by atoms with E-state index in [1.165, 1.54) is 0 Å². The molecule has 0 aliphatic heterocycles. The molecule has 5 nitrogen and oxygen atoms in total. The molecule has 2 aromatic heterocycles. The normalized spacial score (nSPS) is 10.7. The van der Waals surface area contributed by atoms with Crippen LogP contribution in [0.2, 0.25) is 0 Å². The first-order valence-electron chi connectivity index (χ1n) is 6.22. The molecule has 0 saturated heterocycles. The Balaban J connectivity index is 2.54. The smallest absolute Gasteiger partial charge is 0.162 e. The van der Waals surface area contributed by atoms with Gasteiger partial charge in [-0.1, -0.05) is 6.92 Å². The number of aryl methyl sites for hydroxylation is 2. The van der Waals surface area contributed by atoms with Crippen LogP contribution in [0.25, 0.3) is 5.82 Å². The monoisotopic (exact) mass is 245 g/mol. The van der Waals surface area contributed by atoms with Crippen LogP contribution in [0.5, 0.6) is 0 Å². The minimum absolute atomic E-state index is 0.853. The van der Waals surface area contributed by atoms with Gasteiger partial charge in [0.15, 0.2) is 5.82 Å². The van der Waals surface area contributed by atoms with Gasteiger partial charge >= 0.3 is 0 Å². The maximum atomic E-state index is 4.60. The van der Waals surface area contributed by atoms with Gasteiger partial charge in [0.2, 0.25) is 0 Å². The van der Waals surface area contributed by atoms with Crippen molar-refractivity contribution in [3.05, 3.63) is 29.3 Å². The number of hydrogen-bond donors (Lipinski definition) is 1. The second-order valence-electron chi connectivity index (χ2n) is 4.40. The van der Waals surface area contributed by atoms with E-state index in [1.54, 1.807) is 0 Å². The number of anilines is 1. The minimum atomic E-state index is 0.853. The summed E-state index contributed by atoms with van der Waals surface area (Å²) in [5.74, 6) is 2.58. The predicted molar refractivity (Wildman–Crippen MR) is 72.2 cm³/mol. The zero-order valence-electron chi connectivity index (χ0n) is 11.4. The first kappa shape index (κ1) is 12.5. The third kappa shape index (κ3) is 2.34. The molecule has 2 rings (SSSR count). The molecular formula is C13H19N5. The average molecular weight is 245 g/mol. The van der Waals surface area contributed by atoms with Gasteiger partial charge in [-0.05, 0) is 25.8 Å². The Hall–Kier alpha value is -1.91. The number of nitrogens with zero attached hydrogens (tertiary/aromatic N) is 4. The number of nitrogens with one attached hydrogen (secondary N) is 1. The minimum Gasteiger partial charge on any atom is -0.373 e. The van der Waals surface area contributed by atoms with E-state index in [4.69, 9.17) is 0 Å². The van der Waals surface area contributed by atoms with Crippen LogP contribution >= 0.6 is 0 Å². The maximum Gasteiger partial charge on any atom is 0.162 e. The molecule has 0 atom stereocenters. The largest absolute Gasteiger partial charge is 0.373 e. The fourth-order valence-electron chi connectivity index (χ4n) is 1.88. The molecule has 0 bridgehead atoms. The van der Waals surface area contributed by atoms with E-state index in [1.807, 2.05) is 38.0 Å². The van der Waals surface area contributed by atoms with Crippen molar-refractivity contribution in [2.75, 3.05) is 12.4 Å². The van der Waals surface area contributed by atoms with Crippen molar-refractivity contribution < 1.29 is 0 Å². The predicted octanol–water partition coefficient (Wildman–Crippen LogP) is 2.27. The Morgan fingerprint density at radius 3 is 2.61 bits per heavy atom. The summed E-state index contributed by atoms with van der Waals surface area (Å²) in [5.41, 5.74) is 2.14. The van der Waals surface area contributed by atoms with Crippen LogP contribution in [0.15, 0.2) is 12.4 Å². The topological polar surface area (TPSA) is 55.6 Å². The highest BCUT2D eigenvalue weighted by molar-refractivity contribution is 5.51. The first-order valence-corrected chi connectivity index (χ1v) is 6.22. The number of hydrogen-bond acceptors (Lipinski definition) is 4. The van der Waals surface area contributed by atoms with Gasteiger partial charge in [-0.2, -0.15) is 5.10 Å². The zero-order valence-corrected chi connectivity index (χ0v) is 11.4. The summed E-state index contributed by atoms with van der Waals surface area (Å²) < 4.78 is 1.81. The molecule has 2 aromatic rings. The first-order chi connectivity index (χ1) is 8.65. The molecule has 0 aliphatic rings. The van der Waals surface area contributed by atoms with Gasteiger partial charge in [0.25, 0.3) is 0 Å². The van der Waals surface area contributed by atoms with Crippen LogP contribution < -0.4 is 5.32 Å². The molecule has 2 heterocycles. The van der Waals surface area contributed by atoms with Crippen molar-refractivity contribution in [3.8, 4) is 5.82 Å². The quantitative estimate of drug-likeness (QED) is 0.897. The van der Waals surface area contributed by atoms with Gasteiger partial charge in [0.05, 0.1) is 6.20 Å². The van der Waals surface area contributed by atoms with Gasteiger partial charge < -0.3 is 5.32 Å². The van der Waals surface area contributed by atoms with Crippen molar-refractivity contribution in [1.82, 2.24) is 19.7 Å². The lowest BCUT2D eigenvalue weighted by atomic mass is 10.2. The molecule has 18 heavy (non-hydrogen) atoms. The van der Waals surface area contributed by atoms with E-state index in [-0.39, 0.29) is 0 Å². The molecule has 0 fully saturated rings. The molecule has 0 saturated carbocycles. The van der Waals surface area contributed by atoms with E-state index < -0.39 is 0 Å². The fraction of sp³-hybridized carbons (Fsp3) is 0.462. The summed E-state index contributed by atoms with van der Waals surface area (Å²) in [6.45, 7) is 6.15. The van der Waals surface area contributed by atoms with Crippen molar-refractivity contribution >= 4 is 5.82 Å². The molecular weight excluding hydrogens is 226 g/mol. The lowest BCUT2D eigenvalue weighted by Gasteiger charge is -2.11. The Morgan fingerprint density at radius 1 is 1.28 bits per heavy atom. The summed E-state index contributed by atoms with van der Waals surface area (Å²) >= 11 is 0. The SMILES string of the molecule is CCCc1nc(NC)c(C)c(-n2cc(C)cn2)n1. The maximum absolute atomic E-state index is 4.60. The fourth-order valence-corrected chi connectivity index (χ4v) is 1.88. The molecule has 0 radical (unpaired) electrons. The molecule has 1 N–H and O–H groups in total. The molecule has 0 spiro atoms. The zero-order chi connectivity index (χ0) is 13.1. The Kier molecular flexibility index (Phi) is 3.60. The van der Waals surface area contributed by atoms with E-state index >= 15 is 0 Å². The summed E-state index contributed by atoms with van der Waals surface area (Å²) in [7, 11) is 1.88. The average Bonchev–Trinajstić information content (AvgIpc) is 2.78. The molecule has 96 valence electrons. The third-order valence-corrected chi connectivity index (χ3v) is 2.81. The standard InChI is InChI=1S/C13H19N5/c1-5-6-11-16-12(14-4)10(3)13(17-11)18-8-9(2)7-15-18/h7-8H,5-6H2,1-4H3,(H,14,16,17). The van der Waals surface area contributed by atoms with Crippen LogP contribution in [0.4, 0.5) is 5.82 Å². The van der Waals surface area contributed by atoms with Crippen molar-refractivity contribution in [2.24, 2.45) is 0 Å². The van der Waals surface area contributed by atoms with E-state index in [9.17, 15) is 0 Å². The molecule has 0 aromatic carbocycles. The van der Waals surface area contributed by atoms with Gasteiger partial charge in [-0.25, -0.2) is 14.6 Å². The summed E-state index contributed by atoms with van der Waals surface area (Å²) in [6.07, 6.45) is 5.72. The summed E-state index contributed by atoms with van der Waals surface area (Å²) in [4.78, 5) is 9.11. The van der Waals surface area contributed by atoms with Gasteiger partial charge in [-0.15, -0.1) is 0 Å². The van der Waals surface area contributed by atoms with E-state index in [0.717, 1.165) is 41.4 Å². The second-order valence-corrected chi connectivity index (χ2v) is 4.40. The van der Waals surface area contributed by atoms with Crippen LogP contribution in [-0.2, 0) is 6.42 Å². The highest BCUT2D eigenvalue weighted by Crippen LogP contribution is 2.19. The second kappa shape index (κ2) is 5.16. The van der Waals surface area contributed by atoms with Crippen LogP contribution in [0.1, 0.15) is 30.3 Å². The number of rotatable bonds is 4. The molecule has 0 unspecified atom stereocenters. The molecule has 5 heteroatoms. The van der Waals surface area contributed by atoms with Crippen molar-refractivity contribution in [2.45, 2.75) is 33.6 Å². The number of aromatic nitrogens is 4. The Labute approximate surface area is 107 Å². The Morgan fingerprint density at radius 2 is 2.06 bits per heavy atom. The van der Waals surface area contributed by atoms with Crippen molar-refractivity contribution in [1.29, 1.82) is 0 Å². The van der Waals surface area contributed by atoms with E-state index in [2.05, 4.69) is 27.3 Å². The van der Waals surface area contributed by atoms with Crippen LogP contribution in [0.3, 0.4) is 0 Å². The molecule has 0 amide bonds. The van der Waals surface area contributed by atoms with Crippen LogP contribution in [0, 0.1) is 13.8 Å². The summed E-state index contributed by atoms with van der Waals surface area (Å²) in [5, 5.41) is 7.44. The third-order valence-electron chi connectivity index (χ3n) is 2.81.